The van der Waals surface area contributed by atoms with Crippen LogP contribution in [-0.2, 0) is 15.3 Å². The lowest BCUT2D eigenvalue weighted by atomic mass is 10.0. The molecule has 0 aliphatic heterocycles. The molecule has 17 heavy (non-hydrogen) atoms. The number of rotatable bonds is 7. The van der Waals surface area contributed by atoms with Crippen molar-refractivity contribution in [3.8, 4) is 0 Å². The fourth-order valence-electron chi connectivity index (χ4n) is 1.25. The standard InChI is InChI=1S/C12H19NO3S/c1-3-15-11(14)12(2,13)6-8-17-9-10-5-4-7-16-10/h4-5,7H,3,6,8-9,13H2,1-2H3. The highest BCUT2D eigenvalue weighted by atomic mass is 32.2. The smallest absolute Gasteiger partial charge is 0.325 e. The largest absolute Gasteiger partial charge is 0.468 e. The minimum absolute atomic E-state index is 0.335. The van der Waals surface area contributed by atoms with E-state index in [0.717, 1.165) is 17.3 Å². The Balaban J connectivity index is 2.23. The Labute approximate surface area is 106 Å². The van der Waals surface area contributed by atoms with Gasteiger partial charge < -0.3 is 14.9 Å². The Hall–Kier alpha value is -0.940. The molecule has 1 rings (SSSR count). The van der Waals surface area contributed by atoms with Crippen molar-refractivity contribution in [3.05, 3.63) is 24.2 Å². The van der Waals surface area contributed by atoms with Crippen molar-refractivity contribution in [2.24, 2.45) is 5.73 Å². The number of hydrogen-bond acceptors (Lipinski definition) is 5. The molecular weight excluding hydrogens is 238 g/mol. The highest BCUT2D eigenvalue weighted by Crippen LogP contribution is 2.17. The van der Waals surface area contributed by atoms with E-state index in [-0.39, 0.29) is 5.97 Å². The third-order valence-electron chi connectivity index (χ3n) is 2.33. The molecule has 4 nitrogen and oxygen atoms in total. The molecule has 0 fully saturated rings. The second-order valence-electron chi connectivity index (χ2n) is 4.02. The number of esters is 1. The summed E-state index contributed by atoms with van der Waals surface area (Å²) in [4.78, 5) is 11.5. The highest BCUT2D eigenvalue weighted by molar-refractivity contribution is 7.98. The molecule has 0 radical (unpaired) electrons. The molecule has 1 heterocycles. The van der Waals surface area contributed by atoms with Crippen molar-refractivity contribution in [3.63, 3.8) is 0 Å². The second-order valence-corrected chi connectivity index (χ2v) is 5.13. The fourth-order valence-corrected chi connectivity index (χ4v) is 2.33. The van der Waals surface area contributed by atoms with Gasteiger partial charge in [-0.15, -0.1) is 0 Å². The van der Waals surface area contributed by atoms with E-state index in [1.807, 2.05) is 12.1 Å². The first-order valence-corrected chi connectivity index (χ1v) is 6.78. The maximum absolute atomic E-state index is 11.5. The van der Waals surface area contributed by atoms with Gasteiger partial charge in [0.25, 0.3) is 0 Å². The van der Waals surface area contributed by atoms with Crippen LogP contribution >= 0.6 is 11.8 Å². The van der Waals surface area contributed by atoms with Crippen molar-refractivity contribution in [2.75, 3.05) is 12.4 Å². The van der Waals surface area contributed by atoms with E-state index < -0.39 is 5.54 Å². The molecule has 0 aliphatic carbocycles. The first-order chi connectivity index (χ1) is 8.06. The Morgan fingerprint density at radius 3 is 3.00 bits per heavy atom. The molecule has 5 heteroatoms. The first-order valence-electron chi connectivity index (χ1n) is 5.62. The third kappa shape index (κ3) is 4.83. The molecule has 2 N–H and O–H groups in total. The average Bonchev–Trinajstić information content (AvgIpc) is 2.77. The van der Waals surface area contributed by atoms with E-state index in [1.54, 1.807) is 31.9 Å². The van der Waals surface area contributed by atoms with Crippen molar-refractivity contribution < 1.29 is 13.9 Å². The molecule has 0 aromatic carbocycles. The lowest BCUT2D eigenvalue weighted by Gasteiger charge is -2.21. The summed E-state index contributed by atoms with van der Waals surface area (Å²) in [6.45, 7) is 3.85. The molecule has 0 saturated carbocycles. The average molecular weight is 257 g/mol. The van der Waals surface area contributed by atoms with Crippen LogP contribution in [0.5, 0.6) is 0 Å². The predicted molar refractivity (Wildman–Crippen MR) is 68.7 cm³/mol. The minimum atomic E-state index is -0.897. The van der Waals surface area contributed by atoms with Crippen LogP contribution in [-0.4, -0.2) is 23.9 Å². The summed E-state index contributed by atoms with van der Waals surface area (Å²) in [6, 6.07) is 3.79. The molecule has 0 aliphatic rings. The maximum atomic E-state index is 11.5. The minimum Gasteiger partial charge on any atom is -0.468 e. The van der Waals surface area contributed by atoms with Gasteiger partial charge in [0.2, 0.25) is 0 Å². The number of hydrogen-bond donors (Lipinski definition) is 1. The third-order valence-corrected chi connectivity index (χ3v) is 3.31. The number of furan rings is 1. The molecule has 0 bridgehead atoms. The lowest BCUT2D eigenvalue weighted by molar-refractivity contribution is -0.149. The molecule has 1 atom stereocenters. The van der Waals surface area contributed by atoms with E-state index in [9.17, 15) is 4.79 Å². The highest BCUT2D eigenvalue weighted by Gasteiger charge is 2.29. The lowest BCUT2D eigenvalue weighted by Crippen LogP contribution is -2.46. The normalized spacial score (nSPS) is 14.3. The zero-order valence-electron chi connectivity index (χ0n) is 10.3. The van der Waals surface area contributed by atoms with Crippen LogP contribution in [0.25, 0.3) is 0 Å². The quantitative estimate of drug-likeness (QED) is 0.599. The monoisotopic (exact) mass is 257 g/mol. The van der Waals surface area contributed by atoms with Crippen molar-refractivity contribution in [2.45, 2.75) is 31.6 Å². The van der Waals surface area contributed by atoms with Crippen molar-refractivity contribution in [1.29, 1.82) is 0 Å². The molecule has 96 valence electrons. The van der Waals surface area contributed by atoms with Crippen molar-refractivity contribution >= 4 is 17.7 Å². The molecule has 0 spiro atoms. The Morgan fingerprint density at radius 1 is 1.65 bits per heavy atom. The van der Waals surface area contributed by atoms with Gasteiger partial charge >= 0.3 is 5.97 Å². The molecule has 0 amide bonds. The van der Waals surface area contributed by atoms with Gasteiger partial charge in [-0.3, -0.25) is 4.79 Å². The van der Waals surface area contributed by atoms with Crippen LogP contribution in [0.15, 0.2) is 22.8 Å². The predicted octanol–water partition coefficient (Wildman–Crippen LogP) is 2.18. The van der Waals surface area contributed by atoms with E-state index in [1.165, 1.54) is 0 Å². The topological polar surface area (TPSA) is 65.5 Å². The summed E-state index contributed by atoms with van der Waals surface area (Å²) in [5.74, 6) is 2.20. The SMILES string of the molecule is CCOC(=O)C(C)(N)CCSCc1ccco1. The number of carbonyl (C=O) groups excluding carboxylic acids is 1. The van der Waals surface area contributed by atoms with Gasteiger partial charge in [0.05, 0.1) is 18.6 Å². The summed E-state index contributed by atoms with van der Waals surface area (Å²) in [5.41, 5.74) is 5.00. The second kappa shape index (κ2) is 6.71. The molecule has 1 aromatic rings. The van der Waals surface area contributed by atoms with Crippen LogP contribution in [0.3, 0.4) is 0 Å². The number of thioether (sulfide) groups is 1. The van der Waals surface area contributed by atoms with Gasteiger partial charge in [0, 0.05) is 0 Å². The van der Waals surface area contributed by atoms with Crippen LogP contribution in [0.2, 0.25) is 0 Å². The zero-order valence-corrected chi connectivity index (χ0v) is 11.1. The first kappa shape index (κ1) is 14.1. The van der Waals surface area contributed by atoms with E-state index in [4.69, 9.17) is 14.9 Å². The number of carbonyl (C=O) groups is 1. The summed E-state index contributed by atoms with van der Waals surface area (Å²) >= 11 is 1.69. The van der Waals surface area contributed by atoms with Crippen LogP contribution < -0.4 is 5.73 Å². The van der Waals surface area contributed by atoms with Crippen LogP contribution in [0.1, 0.15) is 26.0 Å². The van der Waals surface area contributed by atoms with Gasteiger partial charge in [-0.05, 0) is 38.2 Å². The van der Waals surface area contributed by atoms with E-state index in [2.05, 4.69) is 0 Å². The summed E-state index contributed by atoms with van der Waals surface area (Å²) in [7, 11) is 0. The fraction of sp³-hybridized carbons (Fsp3) is 0.583. The Bertz CT molecular complexity index is 336. The van der Waals surface area contributed by atoms with Gasteiger partial charge in [0.1, 0.15) is 11.3 Å². The van der Waals surface area contributed by atoms with Gasteiger partial charge in [0.15, 0.2) is 0 Å². The molecule has 1 unspecified atom stereocenters. The van der Waals surface area contributed by atoms with E-state index >= 15 is 0 Å². The van der Waals surface area contributed by atoms with Crippen LogP contribution in [0, 0.1) is 0 Å². The Morgan fingerprint density at radius 2 is 2.41 bits per heavy atom. The number of nitrogens with two attached hydrogens (primary N) is 1. The summed E-state index contributed by atoms with van der Waals surface area (Å²) in [6.07, 6.45) is 2.25. The van der Waals surface area contributed by atoms with Crippen LogP contribution in [0.4, 0.5) is 0 Å². The Kier molecular flexibility index (Phi) is 5.58. The molecule has 0 saturated heterocycles. The summed E-state index contributed by atoms with van der Waals surface area (Å²) in [5, 5.41) is 0. The molecule has 1 aromatic heterocycles. The van der Waals surface area contributed by atoms with Gasteiger partial charge in [-0.2, -0.15) is 11.8 Å². The summed E-state index contributed by atoms with van der Waals surface area (Å²) < 4.78 is 10.1. The van der Waals surface area contributed by atoms with Crippen molar-refractivity contribution in [1.82, 2.24) is 0 Å². The van der Waals surface area contributed by atoms with E-state index in [0.29, 0.717) is 13.0 Å². The number of ether oxygens (including phenoxy) is 1. The van der Waals surface area contributed by atoms with Gasteiger partial charge in [-0.25, -0.2) is 0 Å². The zero-order chi connectivity index (χ0) is 12.7. The maximum Gasteiger partial charge on any atom is 0.325 e. The molecular formula is C12H19NO3S. The van der Waals surface area contributed by atoms with Gasteiger partial charge in [-0.1, -0.05) is 0 Å².